The summed E-state index contributed by atoms with van der Waals surface area (Å²) >= 11 is 0. The van der Waals surface area contributed by atoms with Crippen LogP contribution in [0.5, 0.6) is 11.5 Å². The number of ether oxygens (including phenoxy) is 2. The number of sulfone groups is 1. The lowest BCUT2D eigenvalue weighted by Crippen LogP contribution is -2.08. The first kappa shape index (κ1) is 14.8. The summed E-state index contributed by atoms with van der Waals surface area (Å²) in [6, 6.07) is 3.01. The van der Waals surface area contributed by atoms with Gasteiger partial charge in [0.2, 0.25) is 0 Å². The zero-order chi connectivity index (χ0) is 13.9. The van der Waals surface area contributed by atoms with Crippen LogP contribution in [0.15, 0.2) is 17.0 Å². The maximum atomic E-state index is 11.6. The van der Waals surface area contributed by atoms with Crippen molar-refractivity contribution >= 4 is 9.84 Å². The highest BCUT2D eigenvalue weighted by molar-refractivity contribution is 7.90. The molecule has 0 radical (unpaired) electrons. The molecular formula is C12H18O5S. The fourth-order valence-corrected chi connectivity index (χ4v) is 2.53. The minimum atomic E-state index is -3.39. The third-order valence-electron chi connectivity index (χ3n) is 2.48. The largest absolute Gasteiger partial charge is 0.496 e. The van der Waals surface area contributed by atoms with Crippen LogP contribution >= 0.6 is 0 Å². The Hall–Kier alpha value is -1.27. The Labute approximate surface area is 107 Å². The second-order valence-electron chi connectivity index (χ2n) is 4.14. The second kappa shape index (κ2) is 5.58. The molecule has 0 spiro atoms. The van der Waals surface area contributed by atoms with Gasteiger partial charge in [-0.15, -0.1) is 0 Å². The van der Waals surface area contributed by atoms with Gasteiger partial charge in [0.15, 0.2) is 9.84 Å². The number of methoxy groups -OCH3 is 2. The van der Waals surface area contributed by atoms with Crippen molar-refractivity contribution in [3.05, 3.63) is 17.7 Å². The van der Waals surface area contributed by atoms with Gasteiger partial charge in [-0.2, -0.15) is 0 Å². The van der Waals surface area contributed by atoms with Crippen LogP contribution in [0.1, 0.15) is 12.5 Å². The van der Waals surface area contributed by atoms with Crippen LogP contribution in [0.25, 0.3) is 0 Å². The Morgan fingerprint density at radius 2 is 1.78 bits per heavy atom. The molecule has 1 unspecified atom stereocenters. The van der Waals surface area contributed by atoms with Gasteiger partial charge in [0.25, 0.3) is 0 Å². The number of hydrogen-bond donors (Lipinski definition) is 1. The van der Waals surface area contributed by atoms with Gasteiger partial charge in [-0.3, -0.25) is 0 Å². The van der Waals surface area contributed by atoms with Crippen molar-refractivity contribution in [1.29, 1.82) is 0 Å². The molecule has 0 heterocycles. The van der Waals surface area contributed by atoms with E-state index in [4.69, 9.17) is 9.47 Å². The molecule has 102 valence electrons. The van der Waals surface area contributed by atoms with E-state index in [1.165, 1.54) is 20.3 Å². The van der Waals surface area contributed by atoms with E-state index in [0.29, 0.717) is 17.7 Å². The molecule has 0 aliphatic rings. The fourth-order valence-electron chi connectivity index (χ4n) is 1.70. The summed E-state index contributed by atoms with van der Waals surface area (Å²) in [5.41, 5.74) is 0.705. The monoisotopic (exact) mass is 274 g/mol. The molecule has 0 aliphatic carbocycles. The quantitative estimate of drug-likeness (QED) is 0.868. The van der Waals surface area contributed by atoms with Gasteiger partial charge in [0.1, 0.15) is 16.4 Å². The SMILES string of the molecule is COc1cc(S(C)(=O)=O)c(OC)cc1CC(C)O. The Morgan fingerprint density at radius 3 is 2.17 bits per heavy atom. The van der Waals surface area contributed by atoms with Crippen molar-refractivity contribution in [1.82, 2.24) is 0 Å². The zero-order valence-corrected chi connectivity index (χ0v) is 11.7. The van der Waals surface area contributed by atoms with E-state index in [2.05, 4.69) is 0 Å². The lowest BCUT2D eigenvalue weighted by molar-refractivity contribution is 0.194. The molecule has 18 heavy (non-hydrogen) atoms. The van der Waals surface area contributed by atoms with Gasteiger partial charge in [-0.05, 0) is 13.0 Å². The van der Waals surface area contributed by atoms with Crippen LogP contribution < -0.4 is 9.47 Å². The lowest BCUT2D eigenvalue weighted by atomic mass is 10.1. The van der Waals surface area contributed by atoms with Crippen molar-refractivity contribution in [2.24, 2.45) is 0 Å². The first-order valence-electron chi connectivity index (χ1n) is 5.42. The third kappa shape index (κ3) is 3.36. The summed E-state index contributed by atoms with van der Waals surface area (Å²) in [5.74, 6) is 0.686. The average molecular weight is 274 g/mol. The molecule has 1 N–H and O–H groups in total. The van der Waals surface area contributed by atoms with Crippen LogP contribution in [0, 0.1) is 0 Å². The summed E-state index contributed by atoms with van der Waals surface area (Å²) in [5, 5.41) is 9.40. The van der Waals surface area contributed by atoms with Gasteiger partial charge in [0, 0.05) is 24.3 Å². The number of aliphatic hydroxyl groups is 1. The highest BCUT2D eigenvalue weighted by atomic mass is 32.2. The minimum absolute atomic E-state index is 0.0798. The molecule has 5 nitrogen and oxygen atoms in total. The molecule has 0 amide bonds. The Bertz CT molecular complexity index is 520. The number of aliphatic hydroxyl groups excluding tert-OH is 1. The second-order valence-corrected chi connectivity index (χ2v) is 6.12. The smallest absolute Gasteiger partial charge is 0.179 e. The van der Waals surface area contributed by atoms with E-state index in [9.17, 15) is 13.5 Å². The highest BCUT2D eigenvalue weighted by Gasteiger charge is 2.19. The van der Waals surface area contributed by atoms with Crippen LogP contribution in [-0.4, -0.2) is 40.1 Å². The number of benzene rings is 1. The molecule has 1 aromatic carbocycles. The van der Waals surface area contributed by atoms with Gasteiger partial charge in [-0.25, -0.2) is 8.42 Å². The van der Waals surface area contributed by atoms with Gasteiger partial charge >= 0.3 is 0 Å². The summed E-state index contributed by atoms with van der Waals surface area (Å²) in [6.07, 6.45) is 0.926. The van der Waals surface area contributed by atoms with E-state index in [-0.39, 0.29) is 10.6 Å². The van der Waals surface area contributed by atoms with Crippen molar-refractivity contribution in [2.45, 2.75) is 24.3 Å². The topological polar surface area (TPSA) is 72.8 Å². The standard InChI is InChI=1S/C12H18O5S/c1-8(13)5-9-6-11(17-3)12(18(4,14)15)7-10(9)16-2/h6-8,13H,5H2,1-4H3. The van der Waals surface area contributed by atoms with Crippen molar-refractivity contribution in [3.8, 4) is 11.5 Å². The molecule has 1 atom stereocenters. The summed E-state index contributed by atoms with van der Waals surface area (Å²) < 4.78 is 33.5. The maximum absolute atomic E-state index is 11.6. The molecular weight excluding hydrogens is 256 g/mol. The summed E-state index contributed by atoms with van der Waals surface area (Å²) in [7, 11) is -0.528. The van der Waals surface area contributed by atoms with Gasteiger partial charge < -0.3 is 14.6 Å². The number of rotatable bonds is 5. The van der Waals surface area contributed by atoms with Crippen LogP contribution in [0.4, 0.5) is 0 Å². The average Bonchev–Trinajstić information content (AvgIpc) is 2.26. The minimum Gasteiger partial charge on any atom is -0.496 e. The third-order valence-corrected chi connectivity index (χ3v) is 3.60. The van der Waals surface area contributed by atoms with Crippen LogP contribution in [0.2, 0.25) is 0 Å². The van der Waals surface area contributed by atoms with E-state index in [1.807, 2.05) is 0 Å². The van der Waals surface area contributed by atoms with E-state index in [0.717, 1.165) is 6.26 Å². The molecule has 6 heteroatoms. The first-order valence-corrected chi connectivity index (χ1v) is 7.31. The summed E-state index contributed by atoms with van der Waals surface area (Å²) in [4.78, 5) is 0.0798. The van der Waals surface area contributed by atoms with E-state index in [1.54, 1.807) is 13.0 Å². The Balaban J connectivity index is 3.42. The molecule has 1 aromatic rings. The molecule has 0 saturated heterocycles. The molecule has 0 fully saturated rings. The first-order chi connectivity index (χ1) is 8.29. The molecule has 0 saturated carbocycles. The Morgan fingerprint density at radius 1 is 1.22 bits per heavy atom. The highest BCUT2D eigenvalue weighted by Crippen LogP contribution is 2.32. The van der Waals surface area contributed by atoms with Crippen molar-refractivity contribution < 1.29 is 23.0 Å². The lowest BCUT2D eigenvalue weighted by Gasteiger charge is -2.14. The van der Waals surface area contributed by atoms with Crippen LogP contribution in [0.3, 0.4) is 0 Å². The van der Waals surface area contributed by atoms with Gasteiger partial charge in [-0.1, -0.05) is 0 Å². The molecule has 1 rings (SSSR count). The molecule has 0 bridgehead atoms. The maximum Gasteiger partial charge on any atom is 0.179 e. The van der Waals surface area contributed by atoms with E-state index < -0.39 is 15.9 Å². The normalized spacial score (nSPS) is 13.2. The number of hydrogen-bond acceptors (Lipinski definition) is 5. The molecule has 0 aromatic heterocycles. The van der Waals surface area contributed by atoms with E-state index >= 15 is 0 Å². The van der Waals surface area contributed by atoms with Crippen LogP contribution in [-0.2, 0) is 16.3 Å². The fraction of sp³-hybridized carbons (Fsp3) is 0.500. The van der Waals surface area contributed by atoms with Crippen molar-refractivity contribution in [3.63, 3.8) is 0 Å². The zero-order valence-electron chi connectivity index (χ0n) is 10.9. The predicted molar refractivity (Wildman–Crippen MR) is 68.0 cm³/mol. The van der Waals surface area contributed by atoms with Crippen molar-refractivity contribution in [2.75, 3.05) is 20.5 Å². The Kier molecular flexibility index (Phi) is 4.59. The summed E-state index contributed by atoms with van der Waals surface area (Å²) in [6.45, 7) is 1.65. The molecule has 0 aliphatic heterocycles. The predicted octanol–water partition coefficient (Wildman–Crippen LogP) is 1.03. The van der Waals surface area contributed by atoms with Gasteiger partial charge in [0.05, 0.1) is 20.3 Å².